The molecule has 0 aliphatic carbocycles. The Morgan fingerprint density at radius 3 is 2.65 bits per heavy atom. The third-order valence-electron chi connectivity index (χ3n) is 3.98. The fourth-order valence-corrected chi connectivity index (χ4v) is 2.71. The maximum absolute atomic E-state index is 12.4. The second-order valence-corrected chi connectivity index (χ2v) is 5.20. The Labute approximate surface area is 117 Å². The molecule has 20 heavy (non-hydrogen) atoms. The molecule has 1 amide bonds. The van der Waals surface area contributed by atoms with Crippen LogP contribution in [-0.4, -0.2) is 38.6 Å². The van der Waals surface area contributed by atoms with Gasteiger partial charge in [-0.1, -0.05) is 5.16 Å². The third-order valence-corrected chi connectivity index (χ3v) is 3.98. The van der Waals surface area contributed by atoms with Crippen molar-refractivity contribution in [3.05, 3.63) is 36.7 Å². The summed E-state index contributed by atoms with van der Waals surface area (Å²) in [5.74, 6) is 1.24. The van der Waals surface area contributed by atoms with E-state index in [1.165, 1.54) is 6.39 Å². The van der Waals surface area contributed by atoms with Crippen molar-refractivity contribution in [1.29, 1.82) is 0 Å². The average Bonchev–Trinajstić information content (AvgIpc) is 3.18. The normalized spacial score (nSPS) is 18.1. The van der Waals surface area contributed by atoms with Crippen LogP contribution in [0.15, 0.2) is 35.4 Å². The first-order valence-corrected chi connectivity index (χ1v) is 6.93. The number of hydrogen-bond donors (Lipinski definition) is 0. The van der Waals surface area contributed by atoms with Gasteiger partial charge >= 0.3 is 0 Å². The zero-order valence-electron chi connectivity index (χ0n) is 11.5. The van der Waals surface area contributed by atoms with Gasteiger partial charge in [0, 0.05) is 31.4 Å². The van der Waals surface area contributed by atoms with E-state index >= 15 is 0 Å². The number of rotatable bonds is 3. The number of nitrogens with zero attached hydrogens (tertiary/aromatic N) is 4. The van der Waals surface area contributed by atoms with Crippen molar-refractivity contribution in [3.63, 3.8) is 0 Å². The molecule has 1 fully saturated rings. The fourth-order valence-electron chi connectivity index (χ4n) is 2.71. The second-order valence-electron chi connectivity index (χ2n) is 5.20. The van der Waals surface area contributed by atoms with E-state index in [9.17, 15) is 4.79 Å². The van der Waals surface area contributed by atoms with Crippen molar-refractivity contribution >= 4 is 5.91 Å². The Morgan fingerprint density at radius 1 is 1.35 bits per heavy atom. The molecule has 3 heterocycles. The van der Waals surface area contributed by atoms with Crippen LogP contribution in [-0.2, 0) is 4.79 Å². The molecule has 0 radical (unpaired) electrons. The Hall–Kier alpha value is -2.11. The number of piperidine rings is 1. The molecule has 0 saturated carbocycles. The highest BCUT2D eigenvalue weighted by molar-refractivity contribution is 5.80. The maximum atomic E-state index is 12.4. The average molecular weight is 274 g/mol. The molecule has 3 rings (SSSR count). The Kier molecular flexibility index (Phi) is 3.54. The molecule has 2 aromatic heterocycles. The summed E-state index contributed by atoms with van der Waals surface area (Å²) in [7, 11) is 0. The van der Waals surface area contributed by atoms with Gasteiger partial charge in [-0.15, -0.1) is 0 Å². The van der Waals surface area contributed by atoms with Crippen LogP contribution >= 0.6 is 0 Å². The van der Waals surface area contributed by atoms with Gasteiger partial charge in [-0.2, -0.15) is 4.98 Å². The van der Waals surface area contributed by atoms with Gasteiger partial charge < -0.3 is 14.0 Å². The monoisotopic (exact) mass is 274 g/mol. The van der Waals surface area contributed by atoms with E-state index in [1.54, 1.807) is 0 Å². The van der Waals surface area contributed by atoms with E-state index in [0.717, 1.165) is 31.8 Å². The molecular weight excluding hydrogens is 256 g/mol. The Balaban J connectivity index is 1.59. The van der Waals surface area contributed by atoms with Crippen molar-refractivity contribution in [2.45, 2.75) is 31.7 Å². The van der Waals surface area contributed by atoms with Crippen LogP contribution in [0.1, 0.15) is 37.5 Å². The van der Waals surface area contributed by atoms with Crippen LogP contribution in [0.25, 0.3) is 0 Å². The van der Waals surface area contributed by atoms with Crippen molar-refractivity contribution < 1.29 is 9.32 Å². The van der Waals surface area contributed by atoms with E-state index in [0.29, 0.717) is 5.92 Å². The molecule has 1 atom stereocenters. The Morgan fingerprint density at radius 2 is 2.05 bits per heavy atom. The summed E-state index contributed by atoms with van der Waals surface area (Å²) >= 11 is 0. The molecule has 1 aliphatic heterocycles. The summed E-state index contributed by atoms with van der Waals surface area (Å²) in [5, 5.41) is 3.89. The number of likely N-dealkylation sites (tertiary alicyclic amines) is 1. The quantitative estimate of drug-likeness (QED) is 0.856. The number of carbonyl (C=O) groups excluding carboxylic acids is 1. The van der Waals surface area contributed by atoms with Crippen LogP contribution in [0.3, 0.4) is 0 Å². The lowest BCUT2D eigenvalue weighted by atomic mass is 9.96. The molecule has 6 heteroatoms. The predicted octanol–water partition coefficient (Wildman–Crippen LogP) is 1.84. The molecule has 1 aliphatic rings. The minimum absolute atomic E-state index is 0.147. The first-order valence-electron chi connectivity index (χ1n) is 6.93. The van der Waals surface area contributed by atoms with E-state index in [2.05, 4.69) is 10.1 Å². The van der Waals surface area contributed by atoms with Gasteiger partial charge in [-0.3, -0.25) is 4.79 Å². The zero-order chi connectivity index (χ0) is 13.9. The SMILES string of the molecule is CC(C(=O)N1CCC(c2ncon2)CC1)n1cccc1. The van der Waals surface area contributed by atoms with Crippen LogP contribution in [0.5, 0.6) is 0 Å². The van der Waals surface area contributed by atoms with Crippen molar-refractivity contribution in [3.8, 4) is 0 Å². The highest BCUT2D eigenvalue weighted by Gasteiger charge is 2.28. The number of aromatic nitrogens is 3. The topological polar surface area (TPSA) is 64.2 Å². The largest absolute Gasteiger partial charge is 0.343 e. The van der Waals surface area contributed by atoms with E-state index in [1.807, 2.05) is 40.9 Å². The van der Waals surface area contributed by atoms with Crippen molar-refractivity contribution in [2.24, 2.45) is 0 Å². The molecule has 1 saturated heterocycles. The van der Waals surface area contributed by atoms with Crippen LogP contribution in [0, 0.1) is 0 Å². The molecule has 1 unspecified atom stereocenters. The minimum atomic E-state index is -0.147. The van der Waals surface area contributed by atoms with Gasteiger partial charge in [-0.05, 0) is 31.9 Å². The lowest BCUT2D eigenvalue weighted by Crippen LogP contribution is -2.41. The minimum Gasteiger partial charge on any atom is -0.343 e. The molecule has 2 aromatic rings. The predicted molar refractivity (Wildman–Crippen MR) is 72.0 cm³/mol. The van der Waals surface area contributed by atoms with Crippen LogP contribution in [0.4, 0.5) is 0 Å². The first kappa shape index (κ1) is 12.9. The standard InChI is InChI=1S/C14H18N4O2/c1-11(17-6-2-3-7-17)14(19)18-8-4-12(5-9-18)13-15-10-20-16-13/h2-3,6-7,10-12H,4-5,8-9H2,1H3. The summed E-state index contributed by atoms with van der Waals surface area (Å²) < 4.78 is 6.72. The van der Waals surface area contributed by atoms with Crippen molar-refractivity contribution in [1.82, 2.24) is 19.6 Å². The van der Waals surface area contributed by atoms with Crippen LogP contribution < -0.4 is 0 Å². The highest BCUT2D eigenvalue weighted by Crippen LogP contribution is 2.26. The van der Waals surface area contributed by atoms with E-state index in [-0.39, 0.29) is 11.9 Å². The molecule has 106 valence electrons. The number of carbonyl (C=O) groups is 1. The third kappa shape index (κ3) is 2.45. The molecule has 0 aromatic carbocycles. The molecule has 0 bridgehead atoms. The van der Waals surface area contributed by atoms with Gasteiger partial charge in [0.1, 0.15) is 6.04 Å². The van der Waals surface area contributed by atoms with Gasteiger partial charge in [0.2, 0.25) is 12.3 Å². The van der Waals surface area contributed by atoms with Gasteiger partial charge in [0.15, 0.2) is 5.82 Å². The highest BCUT2D eigenvalue weighted by atomic mass is 16.5. The fraction of sp³-hybridized carbons (Fsp3) is 0.500. The molecule has 0 N–H and O–H groups in total. The smallest absolute Gasteiger partial charge is 0.245 e. The van der Waals surface area contributed by atoms with E-state index in [4.69, 9.17) is 4.52 Å². The Bertz CT molecular complexity index is 542. The summed E-state index contributed by atoms with van der Waals surface area (Å²) in [6.07, 6.45) is 7.00. The first-order chi connectivity index (χ1) is 9.75. The number of hydrogen-bond acceptors (Lipinski definition) is 4. The van der Waals surface area contributed by atoms with Gasteiger partial charge in [0.25, 0.3) is 0 Å². The summed E-state index contributed by atoms with van der Waals surface area (Å²) in [5.41, 5.74) is 0. The lowest BCUT2D eigenvalue weighted by Gasteiger charge is -2.32. The van der Waals surface area contributed by atoms with Gasteiger partial charge in [-0.25, -0.2) is 0 Å². The summed E-state index contributed by atoms with van der Waals surface area (Å²) in [6, 6.07) is 3.73. The van der Waals surface area contributed by atoms with Crippen molar-refractivity contribution in [2.75, 3.05) is 13.1 Å². The second kappa shape index (κ2) is 5.48. The summed E-state index contributed by atoms with van der Waals surface area (Å²) in [6.45, 7) is 3.45. The lowest BCUT2D eigenvalue weighted by molar-refractivity contribution is -0.135. The molecule has 6 nitrogen and oxygen atoms in total. The van der Waals surface area contributed by atoms with E-state index < -0.39 is 0 Å². The van der Waals surface area contributed by atoms with Crippen LogP contribution in [0.2, 0.25) is 0 Å². The molecular formula is C14H18N4O2. The molecule has 0 spiro atoms. The summed E-state index contributed by atoms with van der Waals surface area (Å²) in [4.78, 5) is 18.5. The van der Waals surface area contributed by atoms with Gasteiger partial charge in [0.05, 0.1) is 0 Å². The maximum Gasteiger partial charge on any atom is 0.245 e. The number of amides is 1. The zero-order valence-corrected chi connectivity index (χ0v) is 11.5.